The Labute approximate surface area is 136 Å². The van der Waals surface area contributed by atoms with Crippen LogP contribution in [0.5, 0.6) is 0 Å². The Morgan fingerprint density at radius 2 is 2.04 bits per heavy atom. The van der Waals surface area contributed by atoms with E-state index < -0.39 is 12.0 Å². The number of rotatable bonds is 6. The van der Waals surface area contributed by atoms with E-state index in [1.165, 1.54) is 0 Å². The number of carboxylic acids is 1. The van der Waals surface area contributed by atoms with Crippen molar-refractivity contribution in [2.45, 2.75) is 39.0 Å². The van der Waals surface area contributed by atoms with E-state index >= 15 is 0 Å². The average Bonchev–Trinajstić information content (AvgIpc) is 2.53. The van der Waals surface area contributed by atoms with Gasteiger partial charge in [0.05, 0.1) is 38.4 Å². The topological polar surface area (TPSA) is 76.1 Å². The predicted molar refractivity (Wildman–Crippen MR) is 84.3 cm³/mol. The van der Waals surface area contributed by atoms with Crippen LogP contribution in [0.25, 0.3) is 0 Å². The highest BCUT2D eigenvalue weighted by atomic mass is 16.5. The summed E-state index contributed by atoms with van der Waals surface area (Å²) in [5.41, 5.74) is 1.55. The average molecular weight is 321 g/mol. The minimum Gasteiger partial charge on any atom is -0.481 e. The maximum absolute atomic E-state index is 12.6. The summed E-state index contributed by atoms with van der Waals surface area (Å²) < 4.78 is 10.8. The van der Waals surface area contributed by atoms with Gasteiger partial charge in [-0.25, -0.2) is 0 Å². The summed E-state index contributed by atoms with van der Waals surface area (Å²) >= 11 is 0. The molecular weight excluding hydrogens is 298 g/mol. The van der Waals surface area contributed by atoms with Crippen LogP contribution in [0.1, 0.15) is 36.2 Å². The van der Waals surface area contributed by atoms with Crippen LogP contribution in [0.4, 0.5) is 0 Å². The second-order valence-corrected chi connectivity index (χ2v) is 5.88. The molecule has 23 heavy (non-hydrogen) atoms. The number of ether oxygens (including phenoxy) is 2. The summed E-state index contributed by atoms with van der Waals surface area (Å²) in [7, 11) is 0. The molecule has 1 aliphatic heterocycles. The molecule has 126 valence electrons. The van der Waals surface area contributed by atoms with E-state index in [0.29, 0.717) is 25.3 Å². The highest BCUT2D eigenvalue weighted by Gasteiger charge is 2.29. The van der Waals surface area contributed by atoms with Gasteiger partial charge in [0.1, 0.15) is 0 Å². The van der Waals surface area contributed by atoms with Crippen molar-refractivity contribution in [2.24, 2.45) is 0 Å². The number of aliphatic carboxylic acids is 1. The third kappa shape index (κ3) is 5.04. The molecule has 1 aliphatic rings. The van der Waals surface area contributed by atoms with Gasteiger partial charge in [-0.3, -0.25) is 9.59 Å². The Kier molecular flexibility index (Phi) is 6.12. The first-order valence-electron chi connectivity index (χ1n) is 7.78. The molecule has 1 unspecified atom stereocenters. The van der Waals surface area contributed by atoms with E-state index in [0.717, 1.165) is 5.56 Å². The van der Waals surface area contributed by atoms with Crippen molar-refractivity contribution in [1.29, 1.82) is 0 Å². The quantitative estimate of drug-likeness (QED) is 0.866. The lowest BCUT2D eigenvalue weighted by molar-refractivity contribution is -0.139. The molecule has 0 aromatic heterocycles. The monoisotopic (exact) mass is 321 g/mol. The van der Waals surface area contributed by atoms with Crippen LogP contribution < -0.4 is 0 Å². The Morgan fingerprint density at radius 3 is 2.65 bits per heavy atom. The van der Waals surface area contributed by atoms with Crippen molar-refractivity contribution in [3.05, 3.63) is 35.4 Å². The van der Waals surface area contributed by atoms with Gasteiger partial charge in [0, 0.05) is 12.1 Å². The van der Waals surface area contributed by atoms with Gasteiger partial charge in [0.15, 0.2) is 0 Å². The van der Waals surface area contributed by atoms with Gasteiger partial charge in [-0.15, -0.1) is 0 Å². The lowest BCUT2D eigenvalue weighted by Gasteiger charge is -2.34. The smallest absolute Gasteiger partial charge is 0.305 e. The molecule has 6 heteroatoms. The van der Waals surface area contributed by atoms with Gasteiger partial charge in [-0.2, -0.15) is 0 Å². The number of hydrogen-bond acceptors (Lipinski definition) is 4. The van der Waals surface area contributed by atoms with Gasteiger partial charge in [0.25, 0.3) is 5.91 Å². The van der Waals surface area contributed by atoms with Gasteiger partial charge < -0.3 is 19.5 Å². The van der Waals surface area contributed by atoms with E-state index in [4.69, 9.17) is 14.6 Å². The number of morpholine rings is 1. The molecule has 1 aromatic carbocycles. The highest BCUT2D eigenvalue weighted by molar-refractivity contribution is 5.94. The van der Waals surface area contributed by atoms with Crippen LogP contribution in [-0.4, -0.2) is 53.8 Å². The van der Waals surface area contributed by atoms with Crippen LogP contribution >= 0.6 is 0 Å². The summed E-state index contributed by atoms with van der Waals surface area (Å²) in [4.78, 5) is 25.1. The molecule has 0 radical (unpaired) electrons. The molecule has 2 rings (SSSR count). The molecule has 1 amide bonds. The molecule has 0 saturated carbocycles. The molecule has 0 bridgehead atoms. The first kappa shape index (κ1) is 17.4. The third-order valence-electron chi connectivity index (χ3n) is 3.68. The fourth-order valence-electron chi connectivity index (χ4n) is 2.47. The number of benzene rings is 1. The zero-order valence-corrected chi connectivity index (χ0v) is 13.5. The fraction of sp³-hybridized carbons (Fsp3) is 0.529. The van der Waals surface area contributed by atoms with Crippen LogP contribution in [-0.2, 0) is 20.9 Å². The molecule has 0 spiro atoms. The van der Waals surface area contributed by atoms with E-state index in [1.807, 2.05) is 26.0 Å². The minimum atomic E-state index is -0.931. The van der Waals surface area contributed by atoms with Gasteiger partial charge in [0.2, 0.25) is 0 Å². The zero-order valence-electron chi connectivity index (χ0n) is 13.5. The first-order valence-corrected chi connectivity index (χ1v) is 7.78. The summed E-state index contributed by atoms with van der Waals surface area (Å²) in [6, 6.07) is 6.83. The van der Waals surface area contributed by atoms with Crippen molar-refractivity contribution in [3.63, 3.8) is 0 Å². The molecule has 1 saturated heterocycles. The summed E-state index contributed by atoms with van der Waals surface area (Å²) in [5, 5.41) is 8.97. The maximum Gasteiger partial charge on any atom is 0.305 e. The van der Waals surface area contributed by atoms with Gasteiger partial charge in [-0.1, -0.05) is 12.1 Å². The predicted octanol–water partition coefficient (Wildman–Crippen LogP) is 1.93. The molecular formula is C17H23NO5. The standard InChI is InChI=1S/C17H23NO5/c1-12(2)23-10-13-3-5-14(6-4-13)17(21)18-7-8-22-11-15(18)9-16(19)20/h3-6,12,15H,7-11H2,1-2H3,(H,19,20). The summed E-state index contributed by atoms with van der Waals surface area (Å²) in [6.07, 6.45) is 0.0490. The highest BCUT2D eigenvalue weighted by Crippen LogP contribution is 2.16. The lowest BCUT2D eigenvalue weighted by atomic mass is 10.1. The van der Waals surface area contributed by atoms with Crippen LogP contribution in [0.15, 0.2) is 24.3 Å². The Morgan fingerprint density at radius 1 is 1.35 bits per heavy atom. The fourth-order valence-corrected chi connectivity index (χ4v) is 2.47. The summed E-state index contributed by atoms with van der Waals surface area (Å²) in [5.74, 6) is -1.09. The van der Waals surface area contributed by atoms with E-state index in [9.17, 15) is 9.59 Å². The molecule has 0 aliphatic carbocycles. The second-order valence-electron chi connectivity index (χ2n) is 5.88. The molecule has 1 fully saturated rings. The van der Waals surface area contributed by atoms with Crippen molar-refractivity contribution < 1.29 is 24.2 Å². The number of carboxylic acid groups (broad SMARTS) is 1. The third-order valence-corrected chi connectivity index (χ3v) is 3.68. The van der Waals surface area contributed by atoms with Crippen LogP contribution in [0.2, 0.25) is 0 Å². The normalized spacial score (nSPS) is 18.2. The van der Waals surface area contributed by atoms with Crippen molar-refractivity contribution in [3.8, 4) is 0 Å². The lowest BCUT2D eigenvalue weighted by Crippen LogP contribution is -2.49. The SMILES string of the molecule is CC(C)OCc1ccc(C(=O)N2CCOCC2CC(=O)O)cc1. The Bertz CT molecular complexity index is 540. The molecule has 1 heterocycles. The number of amides is 1. The number of carbonyl (C=O) groups is 2. The van der Waals surface area contributed by atoms with E-state index in [-0.39, 0.29) is 25.0 Å². The summed E-state index contributed by atoms with van der Waals surface area (Å²) in [6.45, 7) is 5.55. The van der Waals surface area contributed by atoms with Crippen molar-refractivity contribution in [1.82, 2.24) is 4.90 Å². The zero-order chi connectivity index (χ0) is 16.8. The Hall–Kier alpha value is -1.92. The second kappa shape index (κ2) is 8.08. The largest absolute Gasteiger partial charge is 0.481 e. The number of hydrogen-bond donors (Lipinski definition) is 1. The van der Waals surface area contributed by atoms with Crippen molar-refractivity contribution >= 4 is 11.9 Å². The number of carbonyl (C=O) groups excluding carboxylic acids is 1. The first-order chi connectivity index (χ1) is 11.0. The minimum absolute atomic E-state index is 0.105. The Balaban J connectivity index is 2.04. The van der Waals surface area contributed by atoms with Gasteiger partial charge >= 0.3 is 5.97 Å². The van der Waals surface area contributed by atoms with Crippen LogP contribution in [0, 0.1) is 0 Å². The maximum atomic E-state index is 12.6. The van der Waals surface area contributed by atoms with Crippen LogP contribution in [0.3, 0.4) is 0 Å². The molecule has 1 N–H and O–H groups in total. The molecule has 1 aromatic rings. The molecule has 6 nitrogen and oxygen atoms in total. The number of nitrogens with zero attached hydrogens (tertiary/aromatic N) is 1. The van der Waals surface area contributed by atoms with E-state index in [2.05, 4.69) is 0 Å². The van der Waals surface area contributed by atoms with Crippen molar-refractivity contribution in [2.75, 3.05) is 19.8 Å². The van der Waals surface area contributed by atoms with Gasteiger partial charge in [-0.05, 0) is 31.5 Å². The van der Waals surface area contributed by atoms with E-state index in [1.54, 1.807) is 17.0 Å². The molecule has 1 atom stereocenters.